The molecule has 0 aliphatic heterocycles. The lowest BCUT2D eigenvalue weighted by Gasteiger charge is -2.19. The number of halogens is 1. The molecule has 1 atom stereocenters. The number of carbonyl (C=O) groups excluding carboxylic acids is 2. The molecule has 0 spiro atoms. The van der Waals surface area contributed by atoms with E-state index in [2.05, 4.69) is 10.6 Å². The molecule has 1 rings (SSSR count). The Balaban J connectivity index is 2.28. The van der Waals surface area contributed by atoms with Gasteiger partial charge in [0, 0.05) is 19.0 Å². The Morgan fingerprint density at radius 3 is 2.52 bits per heavy atom. The van der Waals surface area contributed by atoms with Crippen molar-refractivity contribution < 1.29 is 18.7 Å². The number of nitrogens with one attached hydrogen (secondary N) is 2. The van der Waals surface area contributed by atoms with E-state index < -0.39 is 11.7 Å². The van der Waals surface area contributed by atoms with Crippen LogP contribution in [-0.2, 0) is 16.0 Å². The molecule has 1 aromatic rings. The SMILES string of the molecule is C[C@@H](Cc1ccccc1F)NC(=O)CCNC(=O)OC(C)(C)C. The third-order valence-corrected chi connectivity index (χ3v) is 2.91. The van der Waals surface area contributed by atoms with Crippen LogP contribution in [0, 0.1) is 5.82 Å². The summed E-state index contributed by atoms with van der Waals surface area (Å²) in [6.07, 6.45) is 0.00313. The Labute approximate surface area is 136 Å². The molecule has 0 aromatic heterocycles. The summed E-state index contributed by atoms with van der Waals surface area (Å²) in [7, 11) is 0. The van der Waals surface area contributed by atoms with Crippen LogP contribution in [0.4, 0.5) is 9.18 Å². The second-order valence-corrected chi connectivity index (χ2v) is 6.44. The number of alkyl carbamates (subject to hydrolysis) is 1. The maximum absolute atomic E-state index is 13.5. The molecule has 0 bridgehead atoms. The molecule has 23 heavy (non-hydrogen) atoms. The van der Waals surface area contributed by atoms with E-state index in [4.69, 9.17) is 4.74 Å². The van der Waals surface area contributed by atoms with Crippen molar-refractivity contribution in [2.75, 3.05) is 6.54 Å². The van der Waals surface area contributed by atoms with Gasteiger partial charge in [-0.2, -0.15) is 0 Å². The van der Waals surface area contributed by atoms with Crippen LogP contribution in [0.2, 0.25) is 0 Å². The van der Waals surface area contributed by atoms with Gasteiger partial charge in [-0.3, -0.25) is 4.79 Å². The number of hydrogen-bond donors (Lipinski definition) is 2. The quantitative estimate of drug-likeness (QED) is 0.845. The molecular formula is C17H25FN2O3. The molecular weight excluding hydrogens is 299 g/mol. The van der Waals surface area contributed by atoms with Gasteiger partial charge in [-0.1, -0.05) is 18.2 Å². The van der Waals surface area contributed by atoms with Crippen molar-refractivity contribution in [3.05, 3.63) is 35.6 Å². The summed E-state index contributed by atoms with van der Waals surface area (Å²) < 4.78 is 18.6. The zero-order chi connectivity index (χ0) is 17.5. The van der Waals surface area contributed by atoms with E-state index in [1.165, 1.54) is 6.07 Å². The first-order valence-electron chi connectivity index (χ1n) is 7.67. The van der Waals surface area contributed by atoms with Crippen molar-refractivity contribution in [3.63, 3.8) is 0 Å². The minimum absolute atomic E-state index is 0.140. The monoisotopic (exact) mass is 324 g/mol. The second-order valence-electron chi connectivity index (χ2n) is 6.44. The highest BCUT2D eigenvalue weighted by Crippen LogP contribution is 2.09. The first kappa shape index (κ1) is 18.9. The highest BCUT2D eigenvalue weighted by molar-refractivity contribution is 5.77. The Morgan fingerprint density at radius 1 is 1.26 bits per heavy atom. The summed E-state index contributed by atoms with van der Waals surface area (Å²) in [5, 5.41) is 5.30. The van der Waals surface area contributed by atoms with Gasteiger partial charge in [0.2, 0.25) is 5.91 Å². The van der Waals surface area contributed by atoms with Crippen LogP contribution in [0.25, 0.3) is 0 Å². The van der Waals surface area contributed by atoms with Crippen LogP contribution in [0.5, 0.6) is 0 Å². The molecule has 2 N–H and O–H groups in total. The number of benzene rings is 1. The minimum Gasteiger partial charge on any atom is -0.444 e. The Bertz CT molecular complexity index is 541. The normalized spacial score (nSPS) is 12.4. The predicted octanol–water partition coefficient (Wildman–Crippen LogP) is 2.79. The van der Waals surface area contributed by atoms with E-state index in [0.717, 1.165) is 0 Å². The van der Waals surface area contributed by atoms with E-state index in [1.807, 2.05) is 6.92 Å². The largest absolute Gasteiger partial charge is 0.444 e. The van der Waals surface area contributed by atoms with Gasteiger partial charge in [-0.05, 0) is 45.7 Å². The number of ether oxygens (including phenoxy) is 1. The molecule has 0 aliphatic carbocycles. The highest BCUT2D eigenvalue weighted by atomic mass is 19.1. The molecule has 0 aliphatic rings. The zero-order valence-corrected chi connectivity index (χ0v) is 14.1. The average molecular weight is 324 g/mol. The predicted molar refractivity (Wildman–Crippen MR) is 86.6 cm³/mol. The van der Waals surface area contributed by atoms with Crippen molar-refractivity contribution in [2.24, 2.45) is 0 Å². The summed E-state index contributed by atoms with van der Waals surface area (Å²) in [5.41, 5.74) is -0.00663. The first-order chi connectivity index (χ1) is 10.7. The standard InChI is InChI=1S/C17H25FN2O3/c1-12(11-13-7-5-6-8-14(13)18)20-15(21)9-10-19-16(22)23-17(2,3)4/h5-8,12H,9-11H2,1-4H3,(H,19,22)(H,20,21)/t12-/m0/s1. The zero-order valence-electron chi connectivity index (χ0n) is 14.1. The summed E-state index contributed by atoms with van der Waals surface area (Å²) in [4.78, 5) is 23.2. The van der Waals surface area contributed by atoms with Crippen molar-refractivity contribution in [2.45, 2.75) is 52.2 Å². The van der Waals surface area contributed by atoms with E-state index >= 15 is 0 Å². The summed E-state index contributed by atoms with van der Waals surface area (Å²) >= 11 is 0. The van der Waals surface area contributed by atoms with Gasteiger partial charge in [-0.25, -0.2) is 9.18 Å². The average Bonchev–Trinajstić information content (AvgIpc) is 2.39. The highest BCUT2D eigenvalue weighted by Gasteiger charge is 2.16. The summed E-state index contributed by atoms with van der Waals surface area (Å²) in [6, 6.07) is 6.29. The molecule has 0 saturated carbocycles. The van der Waals surface area contributed by atoms with Crippen LogP contribution in [0.15, 0.2) is 24.3 Å². The molecule has 6 heteroatoms. The summed E-state index contributed by atoms with van der Waals surface area (Å²) in [6.45, 7) is 7.30. The van der Waals surface area contributed by atoms with Crippen LogP contribution < -0.4 is 10.6 Å². The molecule has 5 nitrogen and oxygen atoms in total. The molecule has 2 amide bonds. The first-order valence-corrected chi connectivity index (χ1v) is 7.67. The van der Waals surface area contributed by atoms with Gasteiger partial charge in [0.15, 0.2) is 0 Å². The van der Waals surface area contributed by atoms with Gasteiger partial charge >= 0.3 is 6.09 Å². The fraction of sp³-hybridized carbons (Fsp3) is 0.529. The molecule has 1 aromatic carbocycles. The van der Waals surface area contributed by atoms with Crippen LogP contribution in [0.1, 0.15) is 39.7 Å². The lowest BCUT2D eigenvalue weighted by Crippen LogP contribution is -2.38. The third-order valence-electron chi connectivity index (χ3n) is 2.91. The molecule has 0 saturated heterocycles. The number of rotatable bonds is 6. The van der Waals surface area contributed by atoms with E-state index in [1.54, 1.807) is 39.0 Å². The van der Waals surface area contributed by atoms with Gasteiger partial charge < -0.3 is 15.4 Å². The number of carbonyl (C=O) groups is 2. The van der Waals surface area contributed by atoms with Crippen molar-refractivity contribution in [1.29, 1.82) is 0 Å². The minimum atomic E-state index is -0.569. The molecule has 0 unspecified atom stereocenters. The molecule has 0 heterocycles. The second kappa shape index (κ2) is 8.50. The summed E-state index contributed by atoms with van der Waals surface area (Å²) in [5.74, 6) is -0.481. The van der Waals surface area contributed by atoms with E-state index in [9.17, 15) is 14.0 Å². The Hall–Kier alpha value is -2.11. The topological polar surface area (TPSA) is 67.4 Å². The van der Waals surface area contributed by atoms with Gasteiger partial charge in [-0.15, -0.1) is 0 Å². The smallest absolute Gasteiger partial charge is 0.407 e. The van der Waals surface area contributed by atoms with E-state index in [-0.39, 0.29) is 30.7 Å². The van der Waals surface area contributed by atoms with Crippen LogP contribution in [0.3, 0.4) is 0 Å². The van der Waals surface area contributed by atoms with Crippen molar-refractivity contribution >= 4 is 12.0 Å². The Kier molecular flexibility index (Phi) is 7.00. The van der Waals surface area contributed by atoms with Gasteiger partial charge in [0.1, 0.15) is 11.4 Å². The Morgan fingerprint density at radius 2 is 1.91 bits per heavy atom. The van der Waals surface area contributed by atoms with Crippen LogP contribution >= 0.6 is 0 Å². The fourth-order valence-electron chi connectivity index (χ4n) is 1.98. The third kappa shape index (κ3) is 8.18. The lowest BCUT2D eigenvalue weighted by molar-refractivity contribution is -0.121. The maximum atomic E-state index is 13.5. The maximum Gasteiger partial charge on any atom is 0.407 e. The van der Waals surface area contributed by atoms with Crippen LogP contribution in [-0.4, -0.2) is 30.2 Å². The molecule has 0 radical (unpaired) electrons. The molecule has 0 fully saturated rings. The number of hydrogen-bond acceptors (Lipinski definition) is 3. The van der Waals surface area contributed by atoms with Gasteiger partial charge in [0.25, 0.3) is 0 Å². The molecule has 128 valence electrons. The number of amides is 2. The van der Waals surface area contributed by atoms with Crippen molar-refractivity contribution in [1.82, 2.24) is 10.6 Å². The fourth-order valence-corrected chi connectivity index (χ4v) is 1.98. The lowest BCUT2D eigenvalue weighted by atomic mass is 10.1. The van der Waals surface area contributed by atoms with E-state index in [0.29, 0.717) is 12.0 Å². The van der Waals surface area contributed by atoms with Gasteiger partial charge in [0.05, 0.1) is 0 Å². The van der Waals surface area contributed by atoms with Crippen molar-refractivity contribution in [3.8, 4) is 0 Å².